The van der Waals surface area contributed by atoms with Gasteiger partial charge in [-0.1, -0.05) is 27.9 Å². The topological polar surface area (TPSA) is 88.0 Å². The van der Waals surface area contributed by atoms with Crippen LogP contribution in [0.2, 0.25) is 0 Å². The zero-order chi connectivity index (χ0) is 20.1. The normalized spacial score (nSPS) is 16.1. The predicted molar refractivity (Wildman–Crippen MR) is 113 cm³/mol. The lowest BCUT2D eigenvalue weighted by molar-refractivity contribution is -0.115. The van der Waals surface area contributed by atoms with Crippen LogP contribution in [-0.2, 0) is 4.79 Å². The van der Waals surface area contributed by atoms with E-state index in [0.717, 1.165) is 16.2 Å². The van der Waals surface area contributed by atoms with Gasteiger partial charge in [0.2, 0.25) is 0 Å². The van der Waals surface area contributed by atoms with Crippen molar-refractivity contribution in [2.45, 2.75) is 0 Å². The average molecular weight is 457 g/mol. The van der Waals surface area contributed by atoms with E-state index in [1.165, 1.54) is 12.1 Å². The number of ether oxygens (including phenoxy) is 1. The number of carbonyl (C=O) groups is 2. The van der Waals surface area contributed by atoms with E-state index in [1.54, 1.807) is 24.3 Å². The number of terminal acetylenes is 1. The van der Waals surface area contributed by atoms with Gasteiger partial charge in [-0.3, -0.25) is 4.79 Å². The second-order valence-corrected chi connectivity index (χ2v) is 7.46. The van der Waals surface area contributed by atoms with Gasteiger partial charge in [0.1, 0.15) is 12.4 Å². The van der Waals surface area contributed by atoms with Crippen molar-refractivity contribution in [2.75, 3.05) is 6.61 Å². The van der Waals surface area contributed by atoms with Gasteiger partial charge in [0.05, 0.1) is 16.2 Å². The minimum atomic E-state index is -1.04. The van der Waals surface area contributed by atoms with Crippen LogP contribution in [0, 0.1) is 12.3 Å². The minimum Gasteiger partial charge on any atom is -0.480 e. The predicted octanol–water partition coefficient (Wildman–Crippen LogP) is 4.05. The van der Waals surface area contributed by atoms with Crippen molar-refractivity contribution < 1.29 is 19.4 Å². The van der Waals surface area contributed by atoms with Crippen molar-refractivity contribution in [1.29, 1.82) is 0 Å². The molecule has 2 N–H and O–H groups in total. The standard InChI is InChI=1S/C20H13BrN2O4S/c1-2-8-27-16-7-6-14(21)9-13(16)11-17-18(24)23-20(28-17)22-15-5-3-4-12(10-15)19(25)26/h1,3-7,9-11H,8H2,(H,25,26)(H,22,23,24)/b17-11+. The van der Waals surface area contributed by atoms with Gasteiger partial charge >= 0.3 is 5.97 Å². The van der Waals surface area contributed by atoms with Crippen molar-refractivity contribution >= 4 is 56.5 Å². The van der Waals surface area contributed by atoms with Gasteiger partial charge in [0.15, 0.2) is 5.17 Å². The summed E-state index contributed by atoms with van der Waals surface area (Å²) in [5.74, 6) is 1.62. The molecule has 0 aliphatic carbocycles. The molecule has 1 saturated heterocycles. The lowest BCUT2D eigenvalue weighted by Gasteiger charge is -2.07. The van der Waals surface area contributed by atoms with Crippen LogP contribution in [0.4, 0.5) is 5.69 Å². The molecule has 2 aromatic carbocycles. The number of benzene rings is 2. The molecule has 3 rings (SSSR count). The number of amidine groups is 1. The number of aromatic carboxylic acids is 1. The quantitative estimate of drug-likeness (QED) is 0.523. The van der Waals surface area contributed by atoms with Crippen LogP contribution in [0.25, 0.3) is 6.08 Å². The molecule has 1 aliphatic heterocycles. The monoisotopic (exact) mass is 456 g/mol. The molecule has 0 saturated carbocycles. The van der Waals surface area contributed by atoms with Crippen LogP contribution in [0.5, 0.6) is 5.75 Å². The van der Waals surface area contributed by atoms with Gasteiger partial charge in [-0.2, -0.15) is 0 Å². The Morgan fingerprint density at radius 3 is 2.93 bits per heavy atom. The lowest BCUT2D eigenvalue weighted by Crippen LogP contribution is -2.19. The van der Waals surface area contributed by atoms with Crippen molar-refractivity contribution in [2.24, 2.45) is 4.99 Å². The summed E-state index contributed by atoms with van der Waals surface area (Å²) in [6, 6.07) is 11.6. The maximum Gasteiger partial charge on any atom is 0.335 e. The Bertz CT molecular complexity index is 1060. The molecule has 140 valence electrons. The van der Waals surface area contributed by atoms with E-state index in [0.29, 0.717) is 27.1 Å². The molecule has 1 amide bonds. The van der Waals surface area contributed by atoms with E-state index >= 15 is 0 Å². The number of rotatable bonds is 5. The summed E-state index contributed by atoms with van der Waals surface area (Å²) in [5, 5.41) is 12.1. The Morgan fingerprint density at radius 2 is 2.18 bits per heavy atom. The number of carboxylic acids is 1. The second-order valence-electron chi connectivity index (χ2n) is 5.51. The molecule has 8 heteroatoms. The number of nitrogens with one attached hydrogen (secondary N) is 1. The zero-order valence-electron chi connectivity index (χ0n) is 14.3. The number of hydrogen-bond donors (Lipinski definition) is 2. The van der Waals surface area contributed by atoms with Crippen LogP contribution in [0.3, 0.4) is 0 Å². The molecular weight excluding hydrogens is 444 g/mol. The molecule has 0 atom stereocenters. The van der Waals surface area contributed by atoms with Crippen molar-refractivity contribution in [3.8, 4) is 18.1 Å². The van der Waals surface area contributed by atoms with Crippen LogP contribution in [0.15, 0.2) is 56.8 Å². The Hall–Kier alpha value is -3.02. The molecule has 1 heterocycles. The zero-order valence-corrected chi connectivity index (χ0v) is 16.7. The number of aliphatic imine (C=N–C) groups is 1. The SMILES string of the molecule is C#CCOc1ccc(Br)cc1/C=C1/SC(=Nc2cccc(C(=O)O)c2)NC1=O. The molecule has 1 fully saturated rings. The van der Waals surface area contributed by atoms with Gasteiger partial charge in [0, 0.05) is 10.0 Å². The highest BCUT2D eigenvalue weighted by atomic mass is 79.9. The molecule has 0 bridgehead atoms. The fraction of sp³-hybridized carbons (Fsp3) is 0.0500. The maximum atomic E-state index is 12.3. The van der Waals surface area contributed by atoms with Crippen LogP contribution < -0.4 is 10.1 Å². The minimum absolute atomic E-state index is 0.115. The first-order valence-corrected chi connectivity index (χ1v) is 9.56. The van der Waals surface area contributed by atoms with Gasteiger partial charge in [-0.15, -0.1) is 6.42 Å². The molecule has 0 unspecified atom stereocenters. The fourth-order valence-electron chi connectivity index (χ4n) is 2.33. The number of carbonyl (C=O) groups excluding carboxylic acids is 1. The highest BCUT2D eigenvalue weighted by Crippen LogP contribution is 2.32. The third-order valence-electron chi connectivity index (χ3n) is 3.54. The third-order valence-corrected chi connectivity index (χ3v) is 4.95. The molecule has 28 heavy (non-hydrogen) atoms. The molecule has 1 aliphatic rings. The summed E-state index contributed by atoms with van der Waals surface area (Å²) in [5.41, 5.74) is 1.25. The summed E-state index contributed by atoms with van der Waals surface area (Å²) >= 11 is 4.55. The highest BCUT2D eigenvalue weighted by Gasteiger charge is 2.24. The number of halogens is 1. The van der Waals surface area contributed by atoms with Crippen LogP contribution in [-0.4, -0.2) is 28.8 Å². The number of thioether (sulfide) groups is 1. The first-order chi connectivity index (χ1) is 13.5. The third kappa shape index (κ3) is 4.82. The van der Waals surface area contributed by atoms with Crippen LogP contribution >= 0.6 is 27.7 Å². The van der Waals surface area contributed by atoms with Gasteiger partial charge in [-0.05, 0) is 54.2 Å². The Kier molecular flexibility index (Phi) is 6.19. The summed E-state index contributed by atoms with van der Waals surface area (Å²) in [6.45, 7) is 0.115. The second kappa shape index (κ2) is 8.78. The number of amides is 1. The van der Waals surface area contributed by atoms with E-state index in [9.17, 15) is 9.59 Å². The van der Waals surface area contributed by atoms with Gasteiger partial charge in [0.25, 0.3) is 5.91 Å². The Morgan fingerprint density at radius 1 is 1.36 bits per heavy atom. The maximum absolute atomic E-state index is 12.3. The number of hydrogen-bond acceptors (Lipinski definition) is 5. The van der Waals surface area contributed by atoms with E-state index in [2.05, 4.69) is 32.2 Å². The lowest BCUT2D eigenvalue weighted by atomic mass is 10.2. The molecular formula is C20H13BrN2O4S. The molecule has 6 nitrogen and oxygen atoms in total. The summed E-state index contributed by atoms with van der Waals surface area (Å²) < 4.78 is 6.35. The molecule has 0 radical (unpaired) electrons. The van der Waals surface area contributed by atoms with Crippen LogP contribution in [0.1, 0.15) is 15.9 Å². The smallest absolute Gasteiger partial charge is 0.335 e. The molecule has 2 aromatic rings. The summed E-state index contributed by atoms with van der Waals surface area (Å²) in [7, 11) is 0. The van der Waals surface area contributed by atoms with Gasteiger partial charge < -0.3 is 15.2 Å². The Balaban J connectivity index is 1.87. The first kappa shape index (κ1) is 19.7. The fourth-order valence-corrected chi connectivity index (χ4v) is 3.54. The largest absolute Gasteiger partial charge is 0.480 e. The van der Waals surface area contributed by atoms with Crippen molar-refractivity contribution in [3.63, 3.8) is 0 Å². The summed E-state index contributed by atoms with van der Waals surface area (Å²) in [6.07, 6.45) is 6.93. The first-order valence-electron chi connectivity index (χ1n) is 7.95. The van der Waals surface area contributed by atoms with Crippen molar-refractivity contribution in [3.05, 3.63) is 63.0 Å². The Labute approximate surface area is 173 Å². The highest BCUT2D eigenvalue weighted by molar-refractivity contribution is 9.10. The molecule has 0 aromatic heterocycles. The summed E-state index contributed by atoms with van der Waals surface area (Å²) in [4.78, 5) is 28.1. The van der Waals surface area contributed by atoms with E-state index in [4.69, 9.17) is 16.3 Å². The number of nitrogens with zero attached hydrogens (tertiary/aromatic N) is 1. The molecule has 0 spiro atoms. The van der Waals surface area contributed by atoms with E-state index < -0.39 is 5.97 Å². The van der Waals surface area contributed by atoms with E-state index in [1.807, 2.05) is 12.1 Å². The number of carboxylic acid groups (broad SMARTS) is 1. The van der Waals surface area contributed by atoms with Gasteiger partial charge in [-0.25, -0.2) is 9.79 Å². The van der Waals surface area contributed by atoms with Crippen molar-refractivity contribution in [1.82, 2.24) is 5.32 Å². The average Bonchev–Trinajstić information content (AvgIpc) is 3.00. The van der Waals surface area contributed by atoms with E-state index in [-0.39, 0.29) is 18.1 Å².